The van der Waals surface area contributed by atoms with E-state index in [0.29, 0.717) is 37.7 Å². The first kappa shape index (κ1) is 18.1. The van der Waals surface area contributed by atoms with E-state index in [4.69, 9.17) is 9.15 Å². The number of nitrogens with zero attached hydrogens (tertiary/aromatic N) is 1. The Bertz CT molecular complexity index is 836. The molecule has 0 bridgehead atoms. The molecule has 2 atom stereocenters. The predicted molar refractivity (Wildman–Crippen MR) is 99.6 cm³/mol. The molecule has 6 nitrogen and oxygen atoms in total. The third-order valence-corrected chi connectivity index (χ3v) is 6.56. The number of furan rings is 1. The lowest BCUT2D eigenvalue weighted by Gasteiger charge is -2.33. The summed E-state index contributed by atoms with van der Waals surface area (Å²) >= 11 is 1.63. The van der Waals surface area contributed by atoms with Crippen LogP contribution in [0, 0.1) is 11.3 Å². The van der Waals surface area contributed by atoms with Crippen LogP contribution in [0.5, 0.6) is 0 Å². The number of hydrogen-bond acceptors (Lipinski definition) is 5. The number of likely N-dealkylation sites (tertiary alicyclic amines) is 1. The van der Waals surface area contributed by atoms with Crippen molar-refractivity contribution in [2.24, 2.45) is 11.3 Å². The van der Waals surface area contributed by atoms with E-state index in [1.54, 1.807) is 16.7 Å². The van der Waals surface area contributed by atoms with Crippen molar-refractivity contribution in [2.45, 2.75) is 17.1 Å². The van der Waals surface area contributed by atoms with Crippen LogP contribution < -0.4 is 0 Å². The van der Waals surface area contributed by atoms with Crippen molar-refractivity contribution in [3.63, 3.8) is 0 Å². The van der Waals surface area contributed by atoms with Gasteiger partial charge in [-0.1, -0.05) is 18.2 Å². The van der Waals surface area contributed by atoms with E-state index in [-0.39, 0.29) is 18.4 Å². The van der Waals surface area contributed by atoms with Crippen LogP contribution in [-0.4, -0.2) is 48.2 Å². The molecule has 2 saturated heterocycles. The predicted octanol–water partition coefficient (Wildman–Crippen LogP) is 3.14. The highest BCUT2D eigenvalue weighted by Gasteiger charge is 2.55. The Morgan fingerprint density at radius 3 is 2.81 bits per heavy atom. The van der Waals surface area contributed by atoms with Gasteiger partial charge in [-0.3, -0.25) is 9.59 Å². The number of carbonyl (C=O) groups excluding carboxylic acids is 1. The summed E-state index contributed by atoms with van der Waals surface area (Å²) in [6.07, 6.45) is 1.96. The maximum atomic E-state index is 13.0. The van der Waals surface area contributed by atoms with Gasteiger partial charge in [0, 0.05) is 41.8 Å². The van der Waals surface area contributed by atoms with Crippen molar-refractivity contribution < 1.29 is 23.8 Å². The van der Waals surface area contributed by atoms with Crippen molar-refractivity contribution in [1.29, 1.82) is 0 Å². The minimum Gasteiger partial charge on any atom is -0.481 e. The second-order valence-corrected chi connectivity index (χ2v) is 8.09. The molecule has 2 aromatic rings. The molecule has 0 radical (unpaired) electrons. The quantitative estimate of drug-likeness (QED) is 0.794. The highest BCUT2D eigenvalue weighted by Crippen LogP contribution is 2.43. The fourth-order valence-corrected chi connectivity index (χ4v) is 4.81. The number of thioether (sulfide) groups is 1. The van der Waals surface area contributed by atoms with Crippen molar-refractivity contribution in [2.75, 3.05) is 26.3 Å². The van der Waals surface area contributed by atoms with E-state index in [0.717, 1.165) is 10.5 Å². The minimum atomic E-state index is -0.903. The van der Waals surface area contributed by atoms with Gasteiger partial charge in [0.05, 0.1) is 18.3 Å². The molecule has 1 N–H and O–H groups in total. The summed E-state index contributed by atoms with van der Waals surface area (Å²) in [4.78, 5) is 27.7. The van der Waals surface area contributed by atoms with Crippen LogP contribution in [0.15, 0.2) is 52.0 Å². The summed E-state index contributed by atoms with van der Waals surface area (Å²) < 4.78 is 11.0. The zero-order valence-electron chi connectivity index (χ0n) is 14.8. The van der Waals surface area contributed by atoms with E-state index < -0.39 is 11.4 Å². The minimum absolute atomic E-state index is 0.176. The maximum absolute atomic E-state index is 13.0. The smallest absolute Gasteiger partial charge is 0.311 e. The molecule has 4 rings (SSSR count). The number of amides is 1. The molecule has 0 unspecified atom stereocenters. The van der Waals surface area contributed by atoms with Gasteiger partial charge < -0.3 is 19.2 Å². The van der Waals surface area contributed by atoms with Crippen LogP contribution in [0.1, 0.15) is 22.5 Å². The van der Waals surface area contributed by atoms with E-state index in [1.165, 1.54) is 6.26 Å². The van der Waals surface area contributed by atoms with Crippen LogP contribution in [0.25, 0.3) is 0 Å². The first-order chi connectivity index (χ1) is 13.1. The molecule has 0 spiro atoms. The Balaban J connectivity index is 1.49. The maximum Gasteiger partial charge on any atom is 0.311 e. The fourth-order valence-electron chi connectivity index (χ4n) is 3.91. The van der Waals surface area contributed by atoms with Gasteiger partial charge >= 0.3 is 5.97 Å². The number of hydrogen-bond donors (Lipinski definition) is 1. The third-order valence-electron chi connectivity index (χ3n) is 5.50. The molecule has 0 aliphatic carbocycles. The molecule has 2 aliphatic rings. The fraction of sp³-hybridized carbons (Fsp3) is 0.400. The topological polar surface area (TPSA) is 80.0 Å². The first-order valence-electron chi connectivity index (χ1n) is 8.95. The standard InChI is InChI=1S/C20H21NO5S/c22-18(21-10-15-11-25-9-7-20(15,13-21)19(23)24)17-14(6-8-26-17)12-27-16-4-2-1-3-5-16/h1-6,8,15H,7,9-13H2,(H,23,24)/t15-,20+/m0/s1. The number of ether oxygens (including phenoxy) is 1. The molecule has 3 heterocycles. The van der Waals surface area contributed by atoms with Gasteiger partial charge in [-0.25, -0.2) is 0 Å². The third kappa shape index (κ3) is 3.37. The lowest BCUT2D eigenvalue weighted by molar-refractivity contribution is -0.157. The summed E-state index contributed by atoms with van der Waals surface area (Å²) in [7, 11) is 0. The number of rotatable bonds is 5. The zero-order chi connectivity index (χ0) is 18.9. The lowest BCUT2D eigenvalue weighted by Crippen LogP contribution is -2.45. The molecule has 7 heteroatoms. The molecule has 1 aromatic heterocycles. The van der Waals surface area contributed by atoms with Crippen LogP contribution in [0.2, 0.25) is 0 Å². The lowest BCUT2D eigenvalue weighted by atomic mass is 9.74. The number of carboxylic acid groups (broad SMARTS) is 1. The van der Waals surface area contributed by atoms with Crippen molar-refractivity contribution >= 4 is 23.6 Å². The average Bonchev–Trinajstić information content (AvgIpc) is 3.31. The average molecular weight is 387 g/mol. The molecule has 27 heavy (non-hydrogen) atoms. The monoisotopic (exact) mass is 387 g/mol. The first-order valence-corrected chi connectivity index (χ1v) is 9.93. The number of fused-ring (bicyclic) bond motifs is 1. The largest absolute Gasteiger partial charge is 0.481 e. The second kappa shape index (κ2) is 7.40. The second-order valence-electron chi connectivity index (χ2n) is 7.05. The number of carboxylic acids is 1. The van der Waals surface area contributed by atoms with Gasteiger partial charge in [-0.2, -0.15) is 0 Å². The Kier molecular flexibility index (Phi) is 4.97. The zero-order valence-corrected chi connectivity index (χ0v) is 15.6. The molecule has 142 valence electrons. The summed E-state index contributed by atoms with van der Waals surface area (Å²) in [5.41, 5.74) is -0.0798. The van der Waals surface area contributed by atoms with Crippen molar-refractivity contribution in [1.82, 2.24) is 4.90 Å². The Hall–Kier alpha value is -2.25. The summed E-state index contributed by atoms with van der Waals surface area (Å²) in [5.74, 6) is -0.334. The molecule has 2 fully saturated rings. The van der Waals surface area contributed by atoms with Crippen molar-refractivity contribution in [3.05, 3.63) is 54.0 Å². The van der Waals surface area contributed by atoms with Gasteiger partial charge in [0.1, 0.15) is 0 Å². The van der Waals surface area contributed by atoms with Crippen LogP contribution in [0.3, 0.4) is 0 Å². The molecular formula is C20H21NO5S. The summed E-state index contributed by atoms with van der Waals surface area (Å²) in [6, 6.07) is 11.8. The molecular weight excluding hydrogens is 366 g/mol. The molecule has 0 saturated carbocycles. The summed E-state index contributed by atoms with van der Waals surface area (Å²) in [6.45, 7) is 1.40. The Morgan fingerprint density at radius 1 is 1.26 bits per heavy atom. The SMILES string of the molecule is O=C(c1occc1CSc1ccccc1)N1C[C@H]2COCC[C@@]2(C(=O)O)C1. The van der Waals surface area contributed by atoms with Gasteiger partial charge in [-0.15, -0.1) is 11.8 Å². The van der Waals surface area contributed by atoms with Gasteiger partial charge in [0.2, 0.25) is 0 Å². The van der Waals surface area contributed by atoms with Crippen LogP contribution in [0.4, 0.5) is 0 Å². The van der Waals surface area contributed by atoms with E-state index in [1.807, 2.05) is 36.4 Å². The van der Waals surface area contributed by atoms with Crippen LogP contribution in [-0.2, 0) is 15.3 Å². The number of aliphatic carboxylic acids is 1. The molecule has 2 aliphatic heterocycles. The Labute approximate surface area is 161 Å². The summed E-state index contributed by atoms with van der Waals surface area (Å²) in [5, 5.41) is 9.77. The number of benzene rings is 1. The Morgan fingerprint density at radius 2 is 2.07 bits per heavy atom. The van der Waals surface area contributed by atoms with E-state index >= 15 is 0 Å². The van der Waals surface area contributed by atoms with E-state index in [2.05, 4.69) is 0 Å². The van der Waals surface area contributed by atoms with Crippen molar-refractivity contribution in [3.8, 4) is 0 Å². The number of carbonyl (C=O) groups is 2. The molecule has 1 aromatic carbocycles. The van der Waals surface area contributed by atoms with E-state index in [9.17, 15) is 14.7 Å². The van der Waals surface area contributed by atoms with Gasteiger partial charge in [-0.05, 0) is 24.6 Å². The van der Waals surface area contributed by atoms with Gasteiger partial charge in [0.15, 0.2) is 5.76 Å². The highest BCUT2D eigenvalue weighted by atomic mass is 32.2. The van der Waals surface area contributed by atoms with Gasteiger partial charge in [0.25, 0.3) is 5.91 Å². The van der Waals surface area contributed by atoms with Crippen LogP contribution >= 0.6 is 11.8 Å². The normalized spacial score (nSPS) is 24.6. The highest BCUT2D eigenvalue weighted by molar-refractivity contribution is 7.98. The molecule has 1 amide bonds.